The summed E-state index contributed by atoms with van der Waals surface area (Å²) in [5.41, 5.74) is 0. The van der Waals surface area contributed by atoms with E-state index in [0.717, 1.165) is 6.42 Å². The van der Waals surface area contributed by atoms with Crippen LogP contribution in [0.4, 0.5) is 4.79 Å². The zero-order chi connectivity index (χ0) is 14.0. The number of methoxy groups -OCH3 is 1. The van der Waals surface area contributed by atoms with Crippen molar-refractivity contribution in [1.82, 2.24) is 10.2 Å². The molecule has 0 aliphatic carbocycles. The fourth-order valence-corrected chi connectivity index (χ4v) is 1.77. The Morgan fingerprint density at radius 3 is 2.67 bits per heavy atom. The van der Waals surface area contributed by atoms with Crippen LogP contribution in [-0.2, 0) is 9.53 Å². The lowest BCUT2D eigenvalue weighted by Gasteiger charge is -2.21. The number of carbonyl (C=O) groups excluding carboxylic acids is 1. The minimum atomic E-state index is -0.998. The van der Waals surface area contributed by atoms with Crippen LogP contribution in [0.5, 0.6) is 0 Å². The molecule has 0 aliphatic heterocycles. The molecule has 106 valence electrons. The second-order valence-corrected chi connectivity index (χ2v) is 4.88. The van der Waals surface area contributed by atoms with Crippen LogP contribution in [0.15, 0.2) is 0 Å². The van der Waals surface area contributed by atoms with Gasteiger partial charge in [-0.2, -0.15) is 11.8 Å². The summed E-state index contributed by atoms with van der Waals surface area (Å²) in [4.78, 5) is 24.1. The summed E-state index contributed by atoms with van der Waals surface area (Å²) >= 11 is 1.55. The van der Waals surface area contributed by atoms with Crippen molar-refractivity contribution in [1.29, 1.82) is 0 Å². The maximum atomic E-state index is 11.7. The number of nitrogens with one attached hydrogen (secondary N) is 1. The quantitative estimate of drug-likeness (QED) is 0.612. The molecule has 0 spiro atoms. The van der Waals surface area contributed by atoms with Gasteiger partial charge in [-0.3, -0.25) is 0 Å². The predicted octanol–water partition coefficient (Wildman–Crippen LogP) is 0.871. The van der Waals surface area contributed by atoms with Gasteiger partial charge in [0.05, 0.1) is 0 Å². The van der Waals surface area contributed by atoms with Gasteiger partial charge >= 0.3 is 12.0 Å². The van der Waals surface area contributed by atoms with Crippen LogP contribution in [0.2, 0.25) is 0 Å². The number of aliphatic carboxylic acids is 1. The van der Waals surface area contributed by atoms with Gasteiger partial charge in [0.25, 0.3) is 0 Å². The Bertz CT molecular complexity index is 263. The van der Waals surface area contributed by atoms with Gasteiger partial charge < -0.3 is 20.1 Å². The molecule has 0 heterocycles. The van der Waals surface area contributed by atoms with E-state index in [2.05, 4.69) is 5.32 Å². The zero-order valence-corrected chi connectivity index (χ0v) is 12.0. The summed E-state index contributed by atoms with van der Waals surface area (Å²) in [5, 5.41) is 11.5. The molecule has 0 aromatic heterocycles. The Labute approximate surface area is 112 Å². The van der Waals surface area contributed by atoms with Crippen molar-refractivity contribution in [2.24, 2.45) is 0 Å². The molecule has 0 unspecified atom stereocenters. The van der Waals surface area contributed by atoms with Crippen molar-refractivity contribution in [2.75, 3.05) is 39.3 Å². The minimum Gasteiger partial charge on any atom is -0.480 e. The van der Waals surface area contributed by atoms with Crippen LogP contribution in [-0.4, -0.2) is 67.4 Å². The molecule has 0 aliphatic rings. The summed E-state index contributed by atoms with van der Waals surface area (Å²) in [6, 6.07) is -1.19. The van der Waals surface area contributed by atoms with Crippen molar-refractivity contribution >= 4 is 23.8 Å². The molecule has 6 nitrogen and oxygen atoms in total. The van der Waals surface area contributed by atoms with Gasteiger partial charge in [0.2, 0.25) is 0 Å². The van der Waals surface area contributed by atoms with Crippen molar-refractivity contribution in [3.63, 3.8) is 0 Å². The SMILES string of the molecule is COCCCN(C)C(=O)N[C@@H](CCSC)C(=O)O. The fraction of sp³-hybridized carbons (Fsp3) is 0.818. The third-order valence-electron chi connectivity index (χ3n) is 2.40. The second kappa shape index (κ2) is 10.0. The minimum absolute atomic E-state index is 0.361. The normalized spacial score (nSPS) is 11.9. The Morgan fingerprint density at radius 1 is 1.50 bits per heavy atom. The van der Waals surface area contributed by atoms with Crippen LogP contribution in [0.1, 0.15) is 12.8 Å². The summed E-state index contributed by atoms with van der Waals surface area (Å²) in [7, 11) is 3.24. The first-order valence-electron chi connectivity index (χ1n) is 5.75. The summed E-state index contributed by atoms with van der Waals surface area (Å²) < 4.78 is 4.89. The Hall–Kier alpha value is -0.950. The summed E-state index contributed by atoms with van der Waals surface area (Å²) in [6.07, 6.45) is 3.05. The van der Waals surface area contributed by atoms with Gasteiger partial charge in [-0.1, -0.05) is 0 Å². The number of carboxylic acid groups (broad SMARTS) is 1. The van der Waals surface area contributed by atoms with Gasteiger partial charge in [0, 0.05) is 27.3 Å². The van der Waals surface area contributed by atoms with Gasteiger partial charge in [-0.05, 0) is 24.9 Å². The highest BCUT2D eigenvalue weighted by Crippen LogP contribution is 2.02. The highest BCUT2D eigenvalue weighted by Gasteiger charge is 2.20. The van der Waals surface area contributed by atoms with E-state index in [1.807, 2.05) is 6.26 Å². The monoisotopic (exact) mass is 278 g/mol. The molecule has 1 atom stereocenters. The van der Waals surface area contributed by atoms with E-state index in [-0.39, 0.29) is 6.03 Å². The predicted molar refractivity (Wildman–Crippen MR) is 72.1 cm³/mol. The summed E-state index contributed by atoms with van der Waals surface area (Å²) in [6.45, 7) is 1.11. The number of carboxylic acids is 1. The molecule has 2 N–H and O–H groups in total. The molecule has 0 radical (unpaired) electrons. The van der Waals surface area contributed by atoms with E-state index >= 15 is 0 Å². The van der Waals surface area contributed by atoms with Crippen LogP contribution >= 0.6 is 11.8 Å². The van der Waals surface area contributed by atoms with E-state index in [4.69, 9.17) is 9.84 Å². The lowest BCUT2D eigenvalue weighted by molar-refractivity contribution is -0.139. The molecule has 7 heteroatoms. The molecule has 2 amide bonds. The third-order valence-corrected chi connectivity index (χ3v) is 3.04. The zero-order valence-electron chi connectivity index (χ0n) is 11.1. The Kier molecular flexibility index (Phi) is 9.49. The van der Waals surface area contributed by atoms with E-state index in [9.17, 15) is 9.59 Å². The number of carbonyl (C=O) groups is 2. The molecular weight excluding hydrogens is 256 g/mol. The van der Waals surface area contributed by atoms with Crippen LogP contribution in [0.3, 0.4) is 0 Å². The lowest BCUT2D eigenvalue weighted by Crippen LogP contribution is -2.47. The lowest BCUT2D eigenvalue weighted by atomic mass is 10.2. The van der Waals surface area contributed by atoms with Crippen molar-refractivity contribution in [3.8, 4) is 0 Å². The van der Waals surface area contributed by atoms with Gasteiger partial charge in [-0.15, -0.1) is 0 Å². The first kappa shape index (κ1) is 17.1. The summed E-state index contributed by atoms with van der Waals surface area (Å²) in [5.74, 6) is -0.298. The largest absolute Gasteiger partial charge is 0.480 e. The Morgan fingerprint density at radius 2 is 2.17 bits per heavy atom. The highest BCUT2D eigenvalue weighted by atomic mass is 32.2. The molecule has 0 saturated carbocycles. The maximum absolute atomic E-state index is 11.7. The number of nitrogens with zero attached hydrogens (tertiary/aromatic N) is 1. The van der Waals surface area contributed by atoms with Gasteiger partial charge in [0.1, 0.15) is 6.04 Å². The van der Waals surface area contributed by atoms with E-state index < -0.39 is 12.0 Å². The van der Waals surface area contributed by atoms with E-state index in [0.29, 0.717) is 25.3 Å². The van der Waals surface area contributed by atoms with E-state index in [1.54, 1.807) is 25.9 Å². The topological polar surface area (TPSA) is 78.9 Å². The van der Waals surface area contributed by atoms with Crippen LogP contribution in [0, 0.1) is 0 Å². The number of rotatable bonds is 9. The van der Waals surface area contributed by atoms with Crippen molar-refractivity contribution in [3.05, 3.63) is 0 Å². The average Bonchev–Trinajstić information content (AvgIpc) is 2.33. The molecular formula is C11H22N2O4S. The highest BCUT2D eigenvalue weighted by molar-refractivity contribution is 7.98. The maximum Gasteiger partial charge on any atom is 0.326 e. The number of urea groups is 1. The van der Waals surface area contributed by atoms with Crippen molar-refractivity contribution < 1.29 is 19.4 Å². The average molecular weight is 278 g/mol. The standard InChI is InChI=1S/C11H22N2O4S/c1-13(6-4-7-17-2)11(16)12-9(10(14)15)5-8-18-3/h9H,4-8H2,1-3H3,(H,12,16)(H,14,15)/t9-/m0/s1. The molecule has 0 saturated heterocycles. The van der Waals surface area contributed by atoms with E-state index in [1.165, 1.54) is 4.90 Å². The number of hydrogen-bond acceptors (Lipinski definition) is 4. The first-order chi connectivity index (χ1) is 8.52. The Balaban J connectivity index is 4.10. The number of hydrogen-bond donors (Lipinski definition) is 2. The van der Waals surface area contributed by atoms with Crippen LogP contribution < -0.4 is 5.32 Å². The number of thioether (sulfide) groups is 1. The number of amides is 2. The van der Waals surface area contributed by atoms with Gasteiger partial charge in [0.15, 0.2) is 0 Å². The van der Waals surface area contributed by atoms with Crippen molar-refractivity contribution in [2.45, 2.75) is 18.9 Å². The van der Waals surface area contributed by atoms with Crippen LogP contribution in [0.25, 0.3) is 0 Å². The fourth-order valence-electron chi connectivity index (χ4n) is 1.30. The second-order valence-electron chi connectivity index (χ2n) is 3.89. The smallest absolute Gasteiger partial charge is 0.326 e. The molecule has 0 rings (SSSR count). The molecule has 0 aromatic carbocycles. The molecule has 0 fully saturated rings. The molecule has 0 aromatic rings. The third kappa shape index (κ3) is 7.39. The van der Waals surface area contributed by atoms with Gasteiger partial charge in [-0.25, -0.2) is 9.59 Å². The first-order valence-corrected chi connectivity index (χ1v) is 7.14. The number of ether oxygens (including phenoxy) is 1. The molecule has 18 heavy (non-hydrogen) atoms. The molecule has 0 bridgehead atoms.